The van der Waals surface area contributed by atoms with Crippen LogP contribution in [0.4, 0.5) is 5.82 Å². The molecule has 1 aromatic heterocycles. The molecule has 0 radical (unpaired) electrons. The van der Waals surface area contributed by atoms with Gasteiger partial charge in [0.2, 0.25) is 5.91 Å². The van der Waals surface area contributed by atoms with Gasteiger partial charge in [-0.2, -0.15) is 0 Å². The van der Waals surface area contributed by atoms with E-state index in [9.17, 15) is 4.79 Å². The number of piperidine rings is 1. The Morgan fingerprint density at radius 3 is 2.75 bits per heavy atom. The van der Waals surface area contributed by atoms with Crippen molar-refractivity contribution in [2.75, 3.05) is 31.1 Å². The van der Waals surface area contributed by atoms with Crippen LogP contribution in [-0.2, 0) is 4.79 Å². The van der Waals surface area contributed by atoms with Crippen molar-refractivity contribution in [2.45, 2.75) is 32.6 Å². The normalized spacial score (nSPS) is 23.1. The molecule has 2 aliphatic heterocycles. The Labute approximate surface area is 120 Å². The predicted molar refractivity (Wildman–Crippen MR) is 77.5 cm³/mol. The maximum atomic E-state index is 12.5. The van der Waals surface area contributed by atoms with E-state index in [1.165, 1.54) is 0 Å². The average molecular weight is 274 g/mol. The van der Waals surface area contributed by atoms with Gasteiger partial charge in [-0.3, -0.25) is 4.79 Å². The first-order chi connectivity index (χ1) is 9.74. The molecule has 1 atom stereocenters. The third kappa shape index (κ3) is 2.76. The van der Waals surface area contributed by atoms with E-state index in [1.807, 2.05) is 17.9 Å². The number of aromatic nitrogens is 2. The van der Waals surface area contributed by atoms with Crippen LogP contribution in [0.1, 0.15) is 31.4 Å². The van der Waals surface area contributed by atoms with E-state index in [-0.39, 0.29) is 5.92 Å². The lowest BCUT2D eigenvalue weighted by Crippen LogP contribution is -2.44. The van der Waals surface area contributed by atoms with Gasteiger partial charge in [-0.1, -0.05) is 0 Å². The summed E-state index contributed by atoms with van der Waals surface area (Å²) in [4.78, 5) is 25.3. The van der Waals surface area contributed by atoms with Gasteiger partial charge in [0, 0.05) is 37.9 Å². The number of rotatable bonds is 2. The van der Waals surface area contributed by atoms with Crippen molar-refractivity contribution in [1.82, 2.24) is 14.9 Å². The number of aryl methyl sites for hydroxylation is 1. The van der Waals surface area contributed by atoms with Crippen LogP contribution in [0.5, 0.6) is 0 Å². The lowest BCUT2D eigenvalue weighted by atomic mass is 9.96. The molecule has 1 amide bonds. The molecule has 0 aliphatic carbocycles. The van der Waals surface area contributed by atoms with E-state index < -0.39 is 0 Å². The number of amides is 1. The number of nitrogens with zero attached hydrogens (tertiary/aromatic N) is 4. The summed E-state index contributed by atoms with van der Waals surface area (Å²) in [6.45, 7) is 5.65. The molecule has 108 valence electrons. The number of hydrogen-bond acceptors (Lipinski definition) is 4. The Bertz CT molecular complexity index is 485. The van der Waals surface area contributed by atoms with Gasteiger partial charge in [0.25, 0.3) is 0 Å². The molecule has 20 heavy (non-hydrogen) atoms. The maximum absolute atomic E-state index is 12.5. The first-order valence-corrected chi connectivity index (χ1v) is 7.56. The van der Waals surface area contributed by atoms with Crippen LogP contribution in [0.15, 0.2) is 12.4 Å². The van der Waals surface area contributed by atoms with E-state index in [0.717, 1.165) is 63.4 Å². The largest absolute Gasteiger partial charge is 0.356 e. The van der Waals surface area contributed by atoms with Crippen LogP contribution in [0.3, 0.4) is 0 Å². The summed E-state index contributed by atoms with van der Waals surface area (Å²) in [5.41, 5.74) is 0.975. The summed E-state index contributed by atoms with van der Waals surface area (Å²) < 4.78 is 0. The first-order valence-electron chi connectivity index (χ1n) is 7.56. The summed E-state index contributed by atoms with van der Waals surface area (Å²) >= 11 is 0. The molecule has 1 aromatic rings. The molecule has 3 heterocycles. The Morgan fingerprint density at radius 2 is 2.00 bits per heavy atom. The van der Waals surface area contributed by atoms with E-state index in [4.69, 9.17) is 0 Å². The van der Waals surface area contributed by atoms with E-state index in [2.05, 4.69) is 14.9 Å². The zero-order valence-corrected chi connectivity index (χ0v) is 12.1. The fourth-order valence-corrected chi connectivity index (χ4v) is 3.20. The van der Waals surface area contributed by atoms with E-state index in [1.54, 1.807) is 6.33 Å². The van der Waals surface area contributed by atoms with Gasteiger partial charge in [0.05, 0.1) is 5.92 Å². The molecule has 0 spiro atoms. The Kier molecular flexibility index (Phi) is 3.85. The molecule has 2 saturated heterocycles. The second kappa shape index (κ2) is 5.77. The number of carbonyl (C=O) groups excluding carboxylic acids is 1. The van der Waals surface area contributed by atoms with Gasteiger partial charge in [-0.15, -0.1) is 0 Å². The molecule has 0 N–H and O–H groups in total. The van der Waals surface area contributed by atoms with Crippen molar-refractivity contribution < 1.29 is 4.79 Å². The predicted octanol–water partition coefficient (Wildman–Crippen LogP) is 1.62. The lowest BCUT2D eigenvalue weighted by Gasteiger charge is -2.34. The Morgan fingerprint density at radius 1 is 1.20 bits per heavy atom. The number of likely N-dealkylation sites (tertiary alicyclic amines) is 1. The highest BCUT2D eigenvalue weighted by Gasteiger charge is 2.30. The zero-order chi connectivity index (χ0) is 13.9. The van der Waals surface area contributed by atoms with Gasteiger partial charge in [0.15, 0.2) is 0 Å². The highest BCUT2D eigenvalue weighted by atomic mass is 16.2. The van der Waals surface area contributed by atoms with Crippen LogP contribution >= 0.6 is 0 Å². The molecule has 0 bridgehead atoms. The van der Waals surface area contributed by atoms with Crippen LogP contribution in [0.2, 0.25) is 0 Å². The number of carbonyl (C=O) groups is 1. The van der Waals surface area contributed by atoms with E-state index in [0.29, 0.717) is 5.91 Å². The summed E-state index contributed by atoms with van der Waals surface area (Å²) in [7, 11) is 0. The number of hydrogen-bond donors (Lipinski definition) is 0. The van der Waals surface area contributed by atoms with Crippen molar-refractivity contribution in [3.05, 3.63) is 18.1 Å². The van der Waals surface area contributed by atoms with Crippen molar-refractivity contribution in [1.29, 1.82) is 0 Å². The molecular formula is C15H22N4O. The zero-order valence-electron chi connectivity index (χ0n) is 12.1. The fraction of sp³-hybridized carbons (Fsp3) is 0.667. The minimum absolute atomic E-state index is 0.136. The summed E-state index contributed by atoms with van der Waals surface area (Å²) in [6.07, 6.45) is 6.00. The fourth-order valence-electron chi connectivity index (χ4n) is 3.20. The van der Waals surface area contributed by atoms with Crippen molar-refractivity contribution >= 4 is 11.7 Å². The minimum Gasteiger partial charge on any atom is -0.356 e. The van der Waals surface area contributed by atoms with Crippen molar-refractivity contribution in [3.8, 4) is 0 Å². The molecule has 3 rings (SSSR count). The molecule has 0 unspecified atom stereocenters. The third-order valence-electron chi connectivity index (χ3n) is 4.30. The van der Waals surface area contributed by atoms with Gasteiger partial charge in [0.1, 0.15) is 12.1 Å². The molecule has 2 fully saturated rings. The second-order valence-electron chi connectivity index (χ2n) is 5.84. The van der Waals surface area contributed by atoms with Gasteiger partial charge < -0.3 is 9.80 Å². The van der Waals surface area contributed by atoms with Crippen molar-refractivity contribution in [3.63, 3.8) is 0 Å². The maximum Gasteiger partial charge on any atom is 0.227 e. The Hall–Kier alpha value is -1.65. The molecule has 0 saturated carbocycles. The monoisotopic (exact) mass is 274 g/mol. The molecule has 5 heteroatoms. The average Bonchev–Trinajstić information content (AvgIpc) is 3.01. The first kappa shape index (κ1) is 13.3. The third-order valence-corrected chi connectivity index (χ3v) is 4.30. The standard InChI is InChI=1S/C15H22N4O/c1-12-9-14(17-11-16-12)19-8-4-5-13(10-19)15(20)18-6-2-3-7-18/h9,11,13H,2-8,10H2,1H3/t13-/m1/s1. The van der Waals surface area contributed by atoms with Gasteiger partial charge >= 0.3 is 0 Å². The number of anilines is 1. The molecular weight excluding hydrogens is 252 g/mol. The van der Waals surface area contributed by atoms with Crippen LogP contribution in [0.25, 0.3) is 0 Å². The quantitative estimate of drug-likeness (QED) is 0.822. The lowest BCUT2D eigenvalue weighted by molar-refractivity contribution is -0.134. The highest BCUT2D eigenvalue weighted by molar-refractivity contribution is 5.80. The summed E-state index contributed by atoms with van der Waals surface area (Å²) in [5.74, 6) is 1.44. The molecule has 5 nitrogen and oxygen atoms in total. The second-order valence-corrected chi connectivity index (χ2v) is 5.84. The minimum atomic E-state index is 0.136. The molecule has 0 aromatic carbocycles. The molecule has 2 aliphatic rings. The van der Waals surface area contributed by atoms with Gasteiger partial charge in [-0.05, 0) is 32.6 Å². The van der Waals surface area contributed by atoms with E-state index >= 15 is 0 Å². The topological polar surface area (TPSA) is 49.3 Å². The van der Waals surface area contributed by atoms with Crippen LogP contribution in [-0.4, -0.2) is 47.0 Å². The highest BCUT2D eigenvalue weighted by Crippen LogP contribution is 2.24. The summed E-state index contributed by atoms with van der Waals surface area (Å²) in [5, 5.41) is 0. The summed E-state index contributed by atoms with van der Waals surface area (Å²) in [6, 6.07) is 2.00. The van der Waals surface area contributed by atoms with Gasteiger partial charge in [-0.25, -0.2) is 9.97 Å². The smallest absolute Gasteiger partial charge is 0.227 e. The van der Waals surface area contributed by atoms with Crippen LogP contribution < -0.4 is 4.90 Å². The van der Waals surface area contributed by atoms with Crippen molar-refractivity contribution in [2.24, 2.45) is 5.92 Å². The Balaban J connectivity index is 1.68. The SMILES string of the molecule is Cc1cc(N2CCC[C@@H](C(=O)N3CCCC3)C2)ncn1. The van der Waals surface area contributed by atoms with Crippen LogP contribution in [0, 0.1) is 12.8 Å².